The van der Waals surface area contributed by atoms with Crippen LogP contribution in [0.2, 0.25) is 0 Å². The third-order valence-corrected chi connectivity index (χ3v) is 3.86. The third-order valence-electron chi connectivity index (χ3n) is 2.27. The van der Waals surface area contributed by atoms with Crippen LogP contribution >= 0.6 is 0 Å². The van der Waals surface area contributed by atoms with Gasteiger partial charge < -0.3 is 10.4 Å². The topological polar surface area (TPSA) is 83.5 Å². The highest BCUT2D eigenvalue weighted by atomic mass is 32.2. The van der Waals surface area contributed by atoms with Crippen LogP contribution in [0.5, 0.6) is 0 Å². The molecule has 0 spiro atoms. The van der Waals surface area contributed by atoms with Crippen LogP contribution in [0, 0.1) is 0 Å². The predicted molar refractivity (Wildman–Crippen MR) is 63.3 cm³/mol. The van der Waals surface area contributed by atoms with Gasteiger partial charge in [0, 0.05) is 11.9 Å². The first-order valence-corrected chi connectivity index (χ1v) is 6.14. The zero-order valence-electron chi connectivity index (χ0n) is 9.47. The second-order valence-electron chi connectivity index (χ2n) is 3.38. The first-order valence-electron chi connectivity index (χ1n) is 4.93. The molecular formula is C11H13NO4S. The quantitative estimate of drug-likeness (QED) is 0.826. The fourth-order valence-electron chi connectivity index (χ4n) is 1.24. The molecular weight excluding hydrogens is 242 g/mol. The summed E-state index contributed by atoms with van der Waals surface area (Å²) in [6.45, 7) is 1.56. The molecule has 0 bridgehead atoms. The summed E-state index contributed by atoms with van der Waals surface area (Å²) in [7, 11) is -0.00885. The number of benzene rings is 1. The Kier molecular flexibility index (Phi) is 4.39. The molecule has 1 aromatic carbocycles. The van der Waals surface area contributed by atoms with E-state index in [0.717, 1.165) is 0 Å². The van der Waals surface area contributed by atoms with E-state index in [0.29, 0.717) is 4.90 Å². The molecule has 17 heavy (non-hydrogen) atoms. The van der Waals surface area contributed by atoms with Gasteiger partial charge in [0.1, 0.15) is 5.25 Å². The van der Waals surface area contributed by atoms with Crippen LogP contribution in [0.25, 0.3) is 0 Å². The molecule has 2 unspecified atom stereocenters. The number of hydrogen-bond acceptors (Lipinski definition) is 3. The summed E-state index contributed by atoms with van der Waals surface area (Å²) in [5, 5.41) is 10.5. The summed E-state index contributed by atoms with van der Waals surface area (Å²) in [6.07, 6.45) is 0. The van der Waals surface area contributed by atoms with E-state index in [2.05, 4.69) is 5.32 Å². The van der Waals surface area contributed by atoms with Crippen LogP contribution in [0.15, 0.2) is 29.2 Å². The van der Waals surface area contributed by atoms with Gasteiger partial charge in [0.15, 0.2) is 0 Å². The van der Waals surface area contributed by atoms with Crippen molar-refractivity contribution in [3.8, 4) is 0 Å². The number of aromatic carboxylic acids is 1. The molecule has 2 atom stereocenters. The second-order valence-corrected chi connectivity index (χ2v) is 5.16. The number of carbonyl (C=O) groups excluding carboxylic acids is 1. The summed E-state index contributed by atoms with van der Waals surface area (Å²) in [4.78, 5) is 22.4. The average molecular weight is 255 g/mol. The number of carboxylic acid groups (broad SMARTS) is 1. The van der Waals surface area contributed by atoms with Crippen molar-refractivity contribution in [2.45, 2.75) is 17.1 Å². The van der Waals surface area contributed by atoms with Gasteiger partial charge >= 0.3 is 5.97 Å². The molecule has 2 N–H and O–H groups in total. The number of carboxylic acids is 1. The highest BCUT2D eigenvalue weighted by molar-refractivity contribution is 7.86. The van der Waals surface area contributed by atoms with Crippen molar-refractivity contribution in [3.63, 3.8) is 0 Å². The SMILES string of the molecule is CNC(=O)C(C)S(=O)c1ccc(C(=O)O)cc1. The van der Waals surface area contributed by atoms with Crippen LogP contribution in [0.4, 0.5) is 0 Å². The number of amides is 1. The van der Waals surface area contributed by atoms with Gasteiger partial charge in [0.05, 0.1) is 16.4 Å². The van der Waals surface area contributed by atoms with Crippen LogP contribution in [0.3, 0.4) is 0 Å². The normalized spacial score (nSPS) is 13.8. The molecule has 0 aliphatic carbocycles. The zero-order chi connectivity index (χ0) is 13.0. The lowest BCUT2D eigenvalue weighted by atomic mass is 10.2. The Morgan fingerprint density at radius 1 is 1.29 bits per heavy atom. The van der Waals surface area contributed by atoms with Gasteiger partial charge in [0.25, 0.3) is 0 Å². The molecule has 92 valence electrons. The number of hydrogen-bond donors (Lipinski definition) is 2. The molecule has 5 nitrogen and oxygen atoms in total. The molecule has 1 aromatic rings. The van der Waals surface area contributed by atoms with Gasteiger partial charge in [-0.2, -0.15) is 0 Å². The Hall–Kier alpha value is -1.69. The molecule has 6 heteroatoms. The smallest absolute Gasteiger partial charge is 0.335 e. The molecule has 1 amide bonds. The van der Waals surface area contributed by atoms with Gasteiger partial charge in [-0.15, -0.1) is 0 Å². The van der Waals surface area contributed by atoms with E-state index in [9.17, 15) is 13.8 Å². The molecule has 0 radical (unpaired) electrons. The first kappa shape index (κ1) is 13.4. The Morgan fingerprint density at radius 2 is 1.82 bits per heavy atom. The summed E-state index contributed by atoms with van der Waals surface area (Å²) >= 11 is 0. The van der Waals surface area contributed by atoms with Gasteiger partial charge in [-0.25, -0.2) is 4.79 Å². The van der Waals surface area contributed by atoms with Crippen molar-refractivity contribution in [2.75, 3.05) is 7.05 Å². The lowest BCUT2D eigenvalue weighted by Gasteiger charge is -2.09. The molecule has 0 saturated heterocycles. The van der Waals surface area contributed by atoms with Crippen molar-refractivity contribution >= 4 is 22.7 Å². The van der Waals surface area contributed by atoms with Gasteiger partial charge in [-0.05, 0) is 31.2 Å². The lowest BCUT2D eigenvalue weighted by molar-refractivity contribution is -0.119. The van der Waals surface area contributed by atoms with E-state index >= 15 is 0 Å². The zero-order valence-corrected chi connectivity index (χ0v) is 10.3. The lowest BCUT2D eigenvalue weighted by Crippen LogP contribution is -2.32. The van der Waals surface area contributed by atoms with E-state index in [4.69, 9.17) is 5.11 Å². The largest absolute Gasteiger partial charge is 0.478 e. The van der Waals surface area contributed by atoms with Crippen molar-refractivity contribution < 1.29 is 18.9 Å². The number of carbonyl (C=O) groups is 2. The van der Waals surface area contributed by atoms with Crippen molar-refractivity contribution in [1.82, 2.24) is 5.32 Å². The molecule has 0 aliphatic rings. The fourth-order valence-corrected chi connectivity index (χ4v) is 2.36. The average Bonchev–Trinajstić information content (AvgIpc) is 2.36. The number of nitrogens with one attached hydrogen (secondary N) is 1. The van der Waals surface area contributed by atoms with E-state index in [1.807, 2.05) is 0 Å². The van der Waals surface area contributed by atoms with E-state index in [1.54, 1.807) is 6.92 Å². The van der Waals surface area contributed by atoms with Crippen LogP contribution in [-0.2, 0) is 15.6 Å². The van der Waals surface area contributed by atoms with Crippen LogP contribution < -0.4 is 5.32 Å². The number of rotatable bonds is 4. The summed E-state index contributed by atoms with van der Waals surface area (Å²) in [6, 6.07) is 5.65. The van der Waals surface area contributed by atoms with Crippen molar-refractivity contribution in [2.24, 2.45) is 0 Å². The summed E-state index contributed by atoms with van der Waals surface area (Å²) in [5.41, 5.74) is 0.123. The van der Waals surface area contributed by atoms with E-state index < -0.39 is 22.0 Å². The molecule has 0 saturated carbocycles. The van der Waals surface area contributed by atoms with Crippen molar-refractivity contribution in [3.05, 3.63) is 29.8 Å². The Morgan fingerprint density at radius 3 is 2.24 bits per heavy atom. The molecule has 0 aromatic heterocycles. The predicted octanol–water partition coefficient (Wildman–Crippen LogP) is 0.627. The monoisotopic (exact) mass is 255 g/mol. The second kappa shape index (κ2) is 5.58. The Labute approximate surface area is 101 Å². The molecule has 1 rings (SSSR count). The van der Waals surface area contributed by atoms with Gasteiger partial charge in [0.2, 0.25) is 5.91 Å². The minimum atomic E-state index is -1.48. The summed E-state index contributed by atoms with van der Waals surface area (Å²) < 4.78 is 11.9. The Balaban J connectivity index is 2.90. The minimum absolute atomic E-state index is 0.123. The fraction of sp³-hybridized carbons (Fsp3) is 0.273. The molecule has 0 fully saturated rings. The highest BCUT2D eigenvalue weighted by Crippen LogP contribution is 2.13. The van der Waals surface area contributed by atoms with Gasteiger partial charge in [-0.1, -0.05) is 0 Å². The maximum Gasteiger partial charge on any atom is 0.335 e. The maximum atomic E-state index is 11.9. The molecule has 0 aliphatic heterocycles. The van der Waals surface area contributed by atoms with Gasteiger partial charge in [-0.3, -0.25) is 9.00 Å². The van der Waals surface area contributed by atoms with E-state index in [-0.39, 0.29) is 11.5 Å². The maximum absolute atomic E-state index is 11.9. The molecule has 0 heterocycles. The first-order chi connectivity index (χ1) is 7.97. The standard InChI is InChI=1S/C11H13NO4S/c1-7(10(13)12-2)17(16)9-5-3-8(4-6-9)11(14)15/h3-7H,1-2H3,(H,12,13)(H,14,15). The van der Waals surface area contributed by atoms with Crippen molar-refractivity contribution in [1.29, 1.82) is 0 Å². The Bertz CT molecular complexity index is 455. The van der Waals surface area contributed by atoms with Crippen LogP contribution in [0.1, 0.15) is 17.3 Å². The van der Waals surface area contributed by atoms with E-state index in [1.165, 1.54) is 31.3 Å². The third kappa shape index (κ3) is 3.13. The minimum Gasteiger partial charge on any atom is -0.478 e. The highest BCUT2D eigenvalue weighted by Gasteiger charge is 2.20. The van der Waals surface area contributed by atoms with Crippen LogP contribution in [-0.4, -0.2) is 33.5 Å². The summed E-state index contributed by atoms with van der Waals surface area (Å²) in [5.74, 6) is -1.35.